The number of aromatic nitrogens is 4. The van der Waals surface area contributed by atoms with Crippen molar-refractivity contribution in [3.05, 3.63) is 84.7 Å². The van der Waals surface area contributed by atoms with Gasteiger partial charge in [0, 0.05) is 5.56 Å². The molecule has 0 radical (unpaired) electrons. The number of aromatic amines is 2. The summed E-state index contributed by atoms with van der Waals surface area (Å²) in [6, 6.07) is 20.6. The van der Waals surface area contributed by atoms with Gasteiger partial charge in [-0.1, -0.05) is 55.5 Å². The molecule has 0 fully saturated rings. The molecule has 0 aliphatic heterocycles. The Morgan fingerprint density at radius 3 is 1.88 bits per heavy atom. The first-order valence-electron chi connectivity index (χ1n) is 16.8. The maximum Gasteiger partial charge on any atom is 0.353 e. The van der Waals surface area contributed by atoms with Gasteiger partial charge in [0.2, 0.25) is 0 Å². The van der Waals surface area contributed by atoms with Gasteiger partial charge in [0.1, 0.15) is 28.7 Å². The molecule has 260 valence electrons. The van der Waals surface area contributed by atoms with Crippen LogP contribution in [0.2, 0.25) is 0 Å². The van der Waals surface area contributed by atoms with Gasteiger partial charge in [-0.3, -0.25) is 10.8 Å². The second-order valence-corrected chi connectivity index (χ2v) is 13.8. The predicted octanol–water partition coefficient (Wildman–Crippen LogP) is 7.67. The number of H-pyrrole nitrogens is 2. The van der Waals surface area contributed by atoms with E-state index in [1.54, 1.807) is 33.2 Å². The largest absolute Gasteiger partial charge is 0.477 e. The number of hydrogen-bond donors (Lipinski definition) is 5. The number of rotatable bonds is 14. The summed E-state index contributed by atoms with van der Waals surface area (Å²) in [7, 11) is 3.93. The molecule has 0 bridgehead atoms. The molecule has 5 rings (SSSR count). The molecule has 3 aromatic carbocycles. The number of benzene rings is 3. The zero-order valence-electron chi connectivity index (χ0n) is 29.4. The molecule has 0 aliphatic rings. The fourth-order valence-corrected chi connectivity index (χ4v) is 5.94. The molecule has 11 nitrogen and oxygen atoms in total. The van der Waals surface area contributed by atoms with Crippen molar-refractivity contribution in [1.29, 1.82) is 10.8 Å². The molecule has 0 saturated carbocycles. The topological polar surface area (TPSA) is 172 Å². The highest BCUT2D eigenvalue weighted by molar-refractivity contribution is 6.37. The quantitative estimate of drug-likeness (QED) is 0.0593. The number of esters is 1. The highest BCUT2D eigenvalue weighted by atomic mass is 16.6. The van der Waals surface area contributed by atoms with E-state index >= 15 is 0 Å². The lowest BCUT2D eigenvalue weighted by atomic mass is 9.96. The Labute approximate surface area is 292 Å². The SMILES string of the molecule is CCC(C(=N)C(=O)OC(C)(C)C)c1ncc(-c2ccc3cc(-c4ccc(-c5cnc(C(CCCN(C)C)C(=N)C(=O)O)[nH]5)cc4)ccc3c2)[nH]1. The minimum Gasteiger partial charge on any atom is -0.477 e. The van der Waals surface area contributed by atoms with Crippen LogP contribution in [-0.2, 0) is 14.3 Å². The van der Waals surface area contributed by atoms with Crippen molar-refractivity contribution in [3.63, 3.8) is 0 Å². The third-order valence-corrected chi connectivity index (χ3v) is 8.58. The summed E-state index contributed by atoms with van der Waals surface area (Å²) in [5, 5.41) is 28.2. The van der Waals surface area contributed by atoms with E-state index in [4.69, 9.17) is 15.6 Å². The monoisotopic (exact) mass is 675 g/mol. The number of aliphatic carboxylic acids is 1. The van der Waals surface area contributed by atoms with Gasteiger partial charge < -0.3 is 24.7 Å². The van der Waals surface area contributed by atoms with E-state index in [0.29, 0.717) is 24.5 Å². The van der Waals surface area contributed by atoms with Crippen molar-refractivity contribution in [2.75, 3.05) is 20.6 Å². The van der Waals surface area contributed by atoms with Gasteiger partial charge in [0.15, 0.2) is 0 Å². The molecule has 2 heterocycles. The molecule has 2 aromatic heterocycles. The molecule has 0 amide bonds. The standard InChI is InChI=1S/C39H45N7O4/c1-7-29(34(41)38(49)50-39(2,3)4)35-42-22-32(45-35)28-17-16-26-19-25(14-15-27(26)20-28)23-10-12-24(13-11-23)31-21-43-36(44-31)30(33(40)37(47)48)9-8-18-46(5)6/h10-17,19-22,29-30,40-41H,7-9,18H2,1-6H3,(H,42,45)(H,43,44)(H,47,48). The van der Waals surface area contributed by atoms with Gasteiger partial charge in [-0.25, -0.2) is 19.6 Å². The summed E-state index contributed by atoms with van der Waals surface area (Å²) in [6.07, 6.45) is 5.23. The fraction of sp³-hybridized carbons (Fsp3) is 0.333. The average molecular weight is 676 g/mol. The predicted molar refractivity (Wildman–Crippen MR) is 197 cm³/mol. The summed E-state index contributed by atoms with van der Waals surface area (Å²) in [4.78, 5) is 41.8. The van der Waals surface area contributed by atoms with E-state index in [9.17, 15) is 14.7 Å². The van der Waals surface area contributed by atoms with Crippen molar-refractivity contribution < 1.29 is 19.4 Å². The van der Waals surface area contributed by atoms with Crippen LogP contribution in [0.5, 0.6) is 0 Å². The second-order valence-electron chi connectivity index (χ2n) is 13.8. The van der Waals surface area contributed by atoms with Crippen molar-refractivity contribution in [3.8, 4) is 33.6 Å². The lowest BCUT2D eigenvalue weighted by molar-refractivity contribution is -0.146. The lowest BCUT2D eigenvalue weighted by Gasteiger charge is -2.21. The number of nitrogens with one attached hydrogen (secondary N) is 4. The molecule has 11 heteroatoms. The molecular formula is C39H45N7O4. The number of hydrogen-bond acceptors (Lipinski definition) is 8. The zero-order chi connectivity index (χ0) is 36.2. The molecule has 0 aliphatic carbocycles. The first-order valence-corrected chi connectivity index (χ1v) is 16.8. The third kappa shape index (κ3) is 8.41. The van der Waals surface area contributed by atoms with Crippen molar-refractivity contribution in [2.45, 2.75) is 64.4 Å². The van der Waals surface area contributed by atoms with E-state index in [2.05, 4.69) is 50.3 Å². The van der Waals surface area contributed by atoms with Crippen LogP contribution in [0.3, 0.4) is 0 Å². The number of carboxylic acid groups (broad SMARTS) is 1. The average Bonchev–Trinajstić information content (AvgIpc) is 3.76. The lowest BCUT2D eigenvalue weighted by Crippen LogP contribution is -2.31. The summed E-state index contributed by atoms with van der Waals surface area (Å²) >= 11 is 0. The minimum atomic E-state index is -1.23. The van der Waals surface area contributed by atoms with Crippen molar-refractivity contribution >= 4 is 34.1 Å². The number of carbonyl (C=O) groups is 2. The van der Waals surface area contributed by atoms with E-state index < -0.39 is 29.4 Å². The number of imidazole rings is 2. The van der Waals surface area contributed by atoms with Gasteiger partial charge in [-0.2, -0.15) is 0 Å². The van der Waals surface area contributed by atoms with Crippen LogP contribution in [-0.4, -0.2) is 79.5 Å². The van der Waals surface area contributed by atoms with Crippen LogP contribution in [0.15, 0.2) is 73.1 Å². The van der Waals surface area contributed by atoms with Crippen LogP contribution in [0, 0.1) is 10.8 Å². The highest BCUT2D eigenvalue weighted by Gasteiger charge is 2.29. The second kappa shape index (κ2) is 15.0. The summed E-state index contributed by atoms with van der Waals surface area (Å²) in [6.45, 7) is 8.07. The molecule has 2 unspecified atom stereocenters. The molecule has 2 atom stereocenters. The number of fused-ring (bicyclic) bond motifs is 1. The van der Waals surface area contributed by atoms with Gasteiger partial charge in [-0.15, -0.1) is 0 Å². The van der Waals surface area contributed by atoms with Gasteiger partial charge >= 0.3 is 11.9 Å². The number of carboxylic acids is 1. The number of nitrogens with zero attached hydrogens (tertiary/aromatic N) is 3. The molecular weight excluding hydrogens is 630 g/mol. The number of ether oxygens (including phenoxy) is 1. The Morgan fingerprint density at radius 1 is 0.800 bits per heavy atom. The summed E-state index contributed by atoms with van der Waals surface area (Å²) in [5.41, 5.74) is 4.39. The van der Waals surface area contributed by atoms with Crippen LogP contribution in [0.25, 0.3) is 44.4 Å². The van der Waals surface area contributed by atoms with E-state index in [-0.39, 0.29) is 11.4 Å². The zero-order valence-corrected chi connectivity index (χ0v) is 29.4. The maximum absolute atomic E-state index is 12.6. The van der Waals surface area contributed by atoms with E-state index in [0.717, 1.165) is 57.4 Å². The Kier molecular flexibility index (Phi) is 10.8. The smallest absolute Gasteiger partial charge is 0.353 e. The van der Waals surface area contributed by atoms with Crippen LogP contribution in [0.4, 0.5) is 0 Å². The fourth-order valence-electron chi connectivity index (χ4n) is 5.94. The Bertz CT molecular complexity index is 2020. The number of carbonyl (C=O) groups excluding carboxylic acids is 1. The first-order chi connectivity index (χ1) is 23.7. The van der Waals surface area contributed by atoms with Crippen LogP contribution in [0.1, 0.15) is 70.4 Å². The molecule has 0 saturated heterocycles. The minimum absolute atomic E-state index is 0.117. The van der Waals surface area contributed by atoms with Gasteiger partial charge in [0.05, 0.1) is 35.6 Å². The summed E-state index contributed by atoms with van der Waals surface area (Å²) < 4.78 is 5.42. The molecule has 5 aromatic rings. The Hall–Kier alpha value is -5.42. The van der Waals surface area contributed by atoms with E-state index in [1.807, 2.05) is 56.3 Å². The van der Waals surface area contributed by atoms with Gasteiger partial charge in [-0.05, 0) is 100 Å². The van der Waals surface area contributed by atoms with E-state index in [1.165, 1.54) is 0 Å². The maximum atomic E-state index is 12.6. The van der Waals surface area contributed by atoms with Crippen LogP contribution < -0.4 is 0 Å². The third-order valence-electron chi connectivity index (χ3n) is 8.58. The first kappa shape index (κ1) is 35.9. The summed E-state index contributed by atoms with van der Waals surface area (Å²) in [5.74, 6) is -1.93. The van der Waals surface area contributed by atoms with Gasteiger partial charge in [0.25, 0.3) is 0 Å². The Balaban J connectivity index is 1.30. The molecule has 50 heavy (non-hydrogen) atoms. The Morgan fingerprint density at radius 2 is 1.32 bits per heavy atom. The highest BCUT2D eigenvalue weighted by Crippen LogP contribution is 2.31. The van der Waals surface area contributed by atoms with Crippen molar-refractivity contribution in [1.82, 2.24) is 24.8 Å². The normalized spacial score (nSPS) is 12.9. The van der Waals surface area contributed by atoms with Crippen LogP contribution >= 0.6 is 0 Å². The van der Waals surface area contributed by atoms with Crippen molar-refractivity contribution in [2.24, 2.45) is 0 Å². The molecule has 0 spiro atoms. The molecule has 5 N–H and O–H groups in total.